The Balaban J connectivity index is 4.38. The number of nitrogens with zero attached hydrogens (tertiary/aromatic N) is 1. The zero-order valence-corrected chi connectivity index (χ0v) is 10.0. The Morgan fingerprint density at radius 2 is 2.15 bits per heavy atom. The lowest BCUT2D eigenvalue weighted by Gasteiger charge is -2.13. The van der Waals surface area contributed by atoms with Gasteiger partial charge in [-0.25, -0.2) is 0 Å². The molecule has 0 fully saturated rings. The van der Waals surface area contributed by atoms with Gasteiger partial charge in [0.2, 0.25) is 0 Å². The maximum atomic E-state index is 4.42. The molecule has 13 heavy (non-hydrogen) atoms. The van der Waals surface area contributed by atoms with Gasteiger partial charge in [0.1, 0.15) is 0 Å². The molecule has 0 aliphatic rings. The first-order chi connectivity index (χ1) is 6.29. The Hall–Kier alpha value is -0.240. The van der Waals surface area contributed by atoms with Gasteiger partial charge in [-0.1, -0.05) is 20.3 Å². The molecule has 1 unspecified atom stereocenters. The maximum absolute atomic E-state index is 4.42. The smallest absolute Gasteiger partial charge is 0.0493 e. The highest BCUT2D eigenvalue weighted by Gasteiger charge is 2.09. The van der Waals surface area contributed by atoms with Crippen molar-refractivity contribution in [3.63, 3.8) is 0 Å². The molecule has 0 saturated carbocycles. The van der Waals surface area contributed by atoms with Crippen LogP contribution in [0.4, 0.5) is 0 Å². The number of allylic oxidation sites excluding steroid dienone is 1. The maximum Gasteiger partial charge on any atom is 0.0493 e. The van der Waals surface area contributed by atoms with E-state index in [1.165, 1.54) is 25.0 Å². The van der Waals surface area contributed by atoms with Gasteiger partial charge in [-0.15, -0.1) is 11.8 Å². The molecule has 0 aromatic rings. The van der Waals surface area contributed by atoms with Gasteiger partial charge >= 0.3 is 0 Å². The van der Waals surface area contributed by atoms with E-state index in [2.05, 4.69) is 30.5 Å². The lowest BCUT2D eigenvalue weighted by molar-refractivity contribution is 0.531. The van der Waals surface area contributed by atoms with Gasteiger partial charge in [0.25, 0.3) is 0 Å². The van der Waals surface area contributed by atoms with E-state index in [0.717, 1.165) is 0 Å². The van der Waals surface area contributed by atoms with Gasteiger partial charge in [-0.2, -0.15) is 0 Å². The van der Waals surface area contributed by atoms with Crippen LogP contribution in [0.15, 0.2) is 16.1 Å². The highest BCUT2D eigenvalue weighted by Crippen LogP contribution is 2.23. The van der Waals surface area contributed by atoms with Gasteiger partial charge in [-0.05, 0) is 31.4 Å². The Kier molecular flexibility index (Phi) is 8.21. The molecule has 0 saturated heterocycles. The van der Waals surface area contributed by atoms with Crippen molar-refractivity contribution in [1.29, 1.82) is 0 Å². The molecule has 0 radical (unpaired) electrons. The second-order valence-electron chi connectivity index (χ2n) is 3.06. The van der Waals surface area contributed by atoms with Crippen LogP contribution in [0, 0.1) is 5.92 Å². The van der Waals surface area contributed by atoms with Crippen molar-refractivity contribution in [3.8, 4) is 0 Å². The summed E-state index contributed by atoms with van der Waals surface area (Å²) < 4.78 is 0. The summed E-state index contributed by atoms with van der Waals surface area (Å²) in [4.78, 5) is 4.42. The minimum absolute atomic E-state index is 0.647. The van der Waals surface area contributed by atoms with Gasteiger partial charge in [-0.3, -0.25) is 4.99 Å². The predicted octanol–water partition coefficient (Wildman–Crippen LogP) is 4.11. The molecule has 76 valence electrons. The van der Waals surface area contributed by atoms with Crippen LogP contribution in [0.5, 0.6) is 0 Å². The SMILES string of the molecule is C/C=N\C(=C/SC)C(CC)CCC. The molecule has 0 spiro atoms. The van der Waals surface area contributed by atoms with E-state index in [-0.39, 0.29) is 0 Å². The number of rotatable bonds is 6. The fourth-order valence-electron chi connectivity index (χ4n) is 1.41. The molecule has 1 atom stereocenters. The predicted molar refractivity (Wildman–Crippen MR) is 64.5 cm³/mol. The van der Waals surface area contributed by atoms with Crippen molar-refractivity contribution < 1.29 is 0 Å². The molecular weight excluding hydrogens is 178 g/mol. The van der Waals surface area contributed by atoms with E-state index in [1.807, 2.05) is 13.1 Å². The molecule has 0 aliphatic heterocycles. The molecule has 0 rings (SSSR count). The minimum Gasteiger partial charge on any atom is -0.265 e. The van der Waals surface area contributed by atoms with E-state index < -0.39 is 0 Å². The first-order valence-corrected chi connectivity index (χ1v) is 6.30. The molecule has 0 aliphatic carbocycles. The molecule has 0 aromatic carbocycles. The van der Waals surface area contributed by atoms with E-state index in [4.69, 9.17) is 0 Å². The number of aliphatic imine (C=N–C) groups is 1. The van der Waals surface area contributed by atoms with E-state index in [9.17, 15) is 0 Å². The van der Waals surface area contributed by atoms with Crippen LogP contribution >= 0.6 is 11.8 Å². The van der Waals surface area contributed by atoms with Crippen molar-refractivity contribution >= 4 is 18.0 Å². The fraction of sp³-hybridized carbons (Fsp3) is 0.727. The lowest BCUT2D eigenvalue weighted by Crippen LogP contribution is -2.00. The van der Waals surface area contributed by atoms with Crippen LogP contribution in [0.3, 0.4) is 0 Å². The van der Waals surface area contributed by atoms with E-state index in [0.29, 0.717) is 5.92 Å². The summed E-state index contributed by atoms with van der Waals surface area (Å²) in [6.07, 6.45) is 7.66. The summed E-state index contributed by atoms with van der Waals surface area (Å²) in [6.45, 7) is 6.45. The van der Waals surface area contributed by atoms with Crippen LogP contribution in [-0.2, 0) is 0 Å². The van der Waals surface area contributed by atoms with E-state index >= 15 is 0 Å². The van der Waals surface area contributed by atoms with Crippen molar-refractivity contribution in [2.45, 2.75) is 40.0 Å². The molecule has 0 heterocycles. The number of hydrogen-bond donors (Lipinski definition) is 0. The summed E-state index contributed by atoms with van der Waals surface area (Å²) >= 11 is 1.74. The standard InChI is InChI=1S/C11H21NS/c1-5-8-10(6-2)11(9-13-4)12-7-3/h7,9-10H,5-6,8H2,1-4H3/b11-9-,12-7-. The second kappa shape index (κ2) is 8.36. The first kappa shape index (κ1) is 12.8. The third kappa shape index (κ3) is 5.14. The summed E-state index contributed by atoms with van der Waals surface area (Å²) in [7, 11) is 0. The third-order valence-electron chi connectivity index (χ3n) is 2.06. The highest BCUT2D eigenvalue weighted by atomic mass is 32.2. The molecule has 0 amide bonds. The van der Waals surface area contributed by atoms with Crippen LogP contribution in [0.25, 0.3) is 0 Å². The third-order valence-corrected chi connectivity index (χ3v) is 2.54. The van der Waals surface area contributed by atoms with Gasteiger partial charge in [0.15, 0.2) is 0 Å². The summed E-state index contributed by atoms with van der Waals surface area (Å²) in [5.74, 6) is 0.647. The monoisotopic (exact) mass is 199 g/mol. The van der Waals surface area contributed by atoms with E-state index in [1.54, 1.807) is 11.8 Å². The summed E-state index contributed by atoms with van der Waals surface area (Å²) in [6, 6.07) is 0. The minimum atomic E-state index is 0.647. The van der Waals surface area contributed by atoms with Crippen LogP contribution in [-0.4, -0.2) is 12.5 Å². The largest absolute Gasteiger partial charge is 0.265 e. The Bertz CT molecular complexity index is 173. The number of thioether (sulfide) groups is 1. The Morgan fingerprint density at radius 3 is 2.54 bits per heavy atom. The molecular formula is C11H21NS. The zero-order chi connectivity index (χ0) is 10.1. The first-order valence-electron chi connectivity index (χ1n) is 5.01. The summed E-state index contributed by atoms with van der Waals surface area (Å²) in [5, 5.41) is 2.17. The van der Waals surface area contributed by atoms with Crippen molar-refractivity contribution in [2.75, 3.05) is 6.26 Å². The lowest BCUT2D eigenvalue weighted by atomic mass is 9.98. The molecule has 2 heteroatoms. The Morgan fingerprint density at radius 1 is 1.46 bits per heavy atom. The molecule has 1 nitrogen and oxygen atoms in total. The van der Waals surface area contributed by atoms with Crippen molar-refractivity contribution in [2.24, 2.45) is 10.9 Å². The molecule has 0 N–H and O–H groups in total. The van der Waals surface area contributed by atoms with Crippen molar-refractivity contribution in [3.05, 3.63) is 11.1 Å². The summed E-state index contributed by atoms with van der Waals surface area (Å²) in [5.41, 5.74) is 1.25. The molecule has 0 aromatic heterocycles. The highest BCUT2D eigenvalue weighted by molar-refractivity contribution is 8.01. The Labute approximate surface area is 86.7 Å². The van der Waals surface area contributed by atoms with Gasteiger partial charge in [0.05, 0.1) is 0 Å². The number of hydrogen-bond acceptors (Lipinski definition) is 2. The average Bonchev–Trinajstić information content (AvgIpc) is 2.14. The van der Waals surface area contributed by atoms with Crippen molar-refractivity contribution in [1.82, 2.24) is 0 Å². The molecule has 0 bridgehead atoms. The van der Waals surface area contributed by atoms with Crippen LogP contribution < -0.4 is 0 Å². The normalized spacial score (nSPS) is 15.2. The second-order valence-corrected chi connectivity index (χ2v) is 3.77. The average molecular weight is 199 g/mol. The van der Waals surface area contributed by atoms with Gasteiger partial charge < -0.3 is 0 Å². The topological polar surface area (TPSA) is 12.4 Å². The quantitative estimate of drug-likeness (QED) is 0.586. The zero-order valence-electron chi connectivity index (χ0n) is 9.21. The fourth-order valence-corrected chi connectivity index (χ4v) is 1.91. The van der Waals surface area contributed by atoms with Crippen LogP contribution in [0.1, 0.15) is 40.0 Å². The van der Waals surface area contributed by atoms with Crippen LogP contribution in [0.2, 0.25) is 0 Å². The van der Waals surface area contributed by atoms with Gasteiger partial charge in [0, 0.05) is 17.8 Å².